The molecule has 0 bridgehead atoms. The summed E-state index contributed by atoms with van der Waals surface area (Å²) in [7, 11) is 1.97. The fraction of sp³-hybridized carbons (Fsp3) is 0.296. The van der Waals surface area contributed by atoms with E-state index >= 15 is 0 Å². The highest BCUT2D eigenvalue weighted by molar-refractivity contribution is 6.10. The van der Waals surface area contributed by atoms with Gasteiger partial charge in [0, 0.05) is 30.7 Å². The van der Waals surface area contributed by atoms with Crippen molar-refractivity contribution in [2.24, 2.45) is 7.05 Å². The monoisotopic (exact) mass is 459 g/mol. The highest BCUT2D eigenvalue weighted by Gasteiger charge is 2.32. The zero-order valence-corrected chi connectivity index (χ0v) is 19.5. The van der Waals surface area contributed by atoms with Gasteiger partial charge in [-0.15, -0.1) is 0 Å². The third-order valence-corrected chi connectivity index (χ3v) is 6.13. The van der Waals surface area contributed by atoms with Crippen molar-refractivity contribution in [1.82, 2.24) is 9.47 Å². The van der Waals surface area contributed by atoms with Crippen LogP contribution in [0.1, 0.15) is 47.7 Å². The summed E-state index contributed by atoms with van der Waals surface area (Å²) in [6.07, 6.45) is 7.78. The number of hydrogen-bond donors (Lipinski definition) is 1. The van der Waals surface area contributed by atoms with Gasteiger partial charge in [0.1, 0.15) is 6.54 Å². The molecular weight excluding hydrogens is 430 g/mol. The number of allylic oxidation sites excluding steroid dienone is 1. The lowest BCUT2D eigenvalue weighted by Gasteiger charge is -2.22. The summed E-state index contributed by atoms with van der Waals surface area (Å²) in [5.41, 5.74) is 3.88. The molecule has 0 radical (unpaired) electrons. The van der Waals surface area contributed by atoms with Crippen LogP contribution in [0.25, 0.3) is 17.0 Å². The lowest BCUT2D eigenvalue weighted by molar-refractivity contribution is -0.137. The first kappa shape index (κ1) is 23.3. The molecule has 2 amide bonds. The molecule has 0 unspecified atom stereocenters. The summed E-state index contributed by atoms with van der Waals surface area (Å²) >= 11 is 0. The van der Waals surface area contributed by atoms with Crippen molar-refractivity contribution < 1.29 is 19.5 Å². The van der Waals surface area contributed by atoms with Crippen molar-refractivity contribution in [1.29, 1.82) is 0 Å². The Balaban J connectivity index is 1.76. The summed E-state index contributed by atoms with van der Waals surface area (Å²) in [4.78, 5) is 40.9. The summed E-state index contributed by atoms with van der Waals surface area (Å²) in [6, 6.07) is 13.5. The molecule has 0 atom stereocenters. The smallest absolute Gasteiger partial charge is 0.305 e. The number of unbranched alkanes of at least 4 members (excludes halogenated alkanes) is 1. The first-order valence-electron chi connectivity index (χ1n) is 11.5. The second kappa shape index (κ2) is 9.95. The minimum Gasteiger partial charge on any atom is -0.481 e. The van der Waals surface area contributed by atoms with E-state index in [-0.39, 0.29) is 31.3 Å². The fourth-order valence-corrected chi connectivity index (χ4v) is 4.38. The van der Waals surface area contributed by atoms with Gasteiger partial charge in [0.25, 0.3) is 5.91 Å². The third kappa shape index (κ3) is 4.73. The van der Waals surface area contributed by atoms with Crippen LogP contribution in [-0.4, -0.2) is 45.4 Å². The van der Waals surface area contributed by atoms with Crippen LogP contribution >= 0.6 is 0 Å². The number of carbonyl (C=O) groups excluding carboxylic acids is 2. The van der Waals surface area contributed by atoms with Gasteiger partial charge in [-0.25, -0.2) is 0 Å². The quantitative estimate of drug-likeness (QED) is 0.539. The van der Waals surface area contributed by atoms with E-state index in [1.54, 1.807) is 11.0 Å². The highest BCUT2D eigenvalue weighted by Crippen LogP contribution is 2.31. The normalized spacial score (nSPS) is 14.2. The van der Waals surface area contributed by atoms with Crippen molar-refractivity contribution in [3.05, 3.63) is 71.4 Å². The minimum absolute atomic E-state index is 0.0165. The van der Waals surface area contributed by atoms with E-state index in [2.05, 4.69) is 13.0 Å². The van der Waals surface area contributed by atoms with Crippen LogP contribution in [0.15, 0.2) is 54.7 Å². The first-order chi connectivity index (χ1) is 16.4. The number of rotatable bonds is 8. The van der Waals surface area contributed by atoms with Crippen molar-refractivity contribution in [3.63, 3.8) is 0 Å². The number of anilines is 1. The van der Waals surface area contributed by atoms with Gasteiger partial charge in [-0.2, -0.15) is 0 Å². The predicted molar refractivity (Wildman–Crippen MR) is 133 cm³/mol. The van der Waals surface area contributed by atoms with E-state index in [4.69, 9.17) is 5.11 Å². The molecule has 7 heteroatoms. The molecule has 176 valence electrons. The molecule has 0 spiro atoms. The van der Waals surface area contributed by atoms with E-state index in [1.807, 2.05) is 60.3 Å². The Labute approximate surface area is 198 Å². The first-order valence-corrected chi connectivity index (χ1v) is 11.5. The Bertz CT molecular complexity index is 1270. The number of aryl methyl sites for hydroxylation is 1. The number of carbonyl (C=O) groups is 3. The number of fused-ring (bicyclic) bond motifs is 2. The number of para-hydroxylation sites is 1. The molecule has 1 aliphatic rings. The minimum atomic E-state index is -1.01. The second-order valence-corrected chi connectivity index (χ2v) is 8.60. The molecule has 1 aromatic heterocycles. The molecule has 2 aromatic carbocycles. The number of benzene rings is 2. The second-order valence-electron chi connectivity index (χ2n) is 8.60. The molecule has 2 heterocycles. The Morgan fingerprint density at radius 3 is 2.71 bits per heavy atom. The van der Waals surface area contributed by atoms with Gasteiger partial charge in [0.15, 0.2) is 0 Å². The van der Waals surface area contributed by atoms with Crippen LogP contribution in [-0.2, 0) is 23.2 Å². The van der Waals surface area contributed by atoms with Gasteiger partial charge in [-0.3, -0.25) is 14.4 Å². The van der Waals surface area contributed by atoms with Gasteiger partial charge >= 0.3 is 5.97 Å². The summed E-state index contributed by atoms with van der Waals surface area (Å²) in [5, 5.41) is 10.2. The van der Waals surface area contributed by atoms with Gasteiger partial charge in [-0.05, 0) is 35.7 Å². The van der Waals surface area contributed by atoms with Crippen LogP contribution < -0.4 is 4.90 Å². The molecule has 34 heavy (non-hydrogen) atoms. The number of amides is 2. The van der Waals surface area contributed by atoms with Gasteiger partial charge in [-0.1, -0.05) is 49.8 Å². The summed E-state index contributed by atoms with van der Waals surface area (Å²) in [5.74, 6) is -1.57. The van der Waals surface area contributed by atoms with Crippen LogP contribution in [0.5, 0.6) is 0 Å². The molecule has 1 N–H and O–H groups in total. The Morgan fingerprint density at radius 2 is 1.94 bits per heavy atom. The third-order valence-electron chi connectivity index (χ3n) is 6.13. The Morgan fingerprint density at radius 1 is 1.15 bits per heavy atom. The molecular formula is C27H29N3O4. The average molecular weight is 460 g/mol. The molecule has 0 saturated carbocycles. The molecule has 0 aliphatic carbocycles. The topological polar surface area (TPSA) is 82.8 Å². The molecule has 4 rings (SSSR count). The van der Waals surface area contributed by atoms with Gasteiger partial charge in [0.05, 0.1) is 24.2 Å². The Hall–Kier alpha value is -3.87. The van der Waals surface area contributed by atoms with E-state index in [0.717, 1.165) is 34.9 Å². The molecule has 1 aliphatic heterocycles. The van der Waals surface area contributed by atoms with Crippen LogP contribution in [0.2, 0.25) is 0 Å². The maximum Gasteiger partial charge on any atom is 0.305 e. The molecule has 3 aromatic rings. The highest BCUT2D eigenvalue weighted by atomic mass is 16.4. The van der Waals surface area contributed by atoms with Crippen molar-refractivity contribution in [2.45, 2.75) is 32.7 Å². The number of nitrogens with zero attached hydrogens (tertiary/aromatic N) is 3. The number of carboxylic acid groups (broad SMARTS) is 1. The van der Waals surface area contributed by atoms with Crippen molar-refractivity contribution >= 4 is 40.4 Å². The van der Waals surface area contributed by atoms with E-state index in [0.29, 0.717) is 17.8 Å². The number of aliphatic carboxylic acids is 1. The van der Waals surface area contributed by atoms with Crippen LogP contribution in [0.3, 0.4) is 0 Å². The van der Waals surface area contributed by atoms with E-state index in [1.165, 1.54) is 4.90 Å². The Kier molecular flexibility index (Phi) is 6.82. The molecule has 0 saturated heterocycles. The lowest BCUT2D eigenvalue weighted by Crippen LogP contribution is -2.40. The van der Waals surface area contributed by atoms with E-state index < -0.39 is 5.97 Å². The SMILES string of the molecule is CCC/C=C/c1ccc2c(c1)C(=O)N(CCC(=O)O)CC(=O)N2Cc1cn(C)c2ccccc12. The number of aromatic nitrogens is 1. The molecule has 0 fully saturated rings. The lowest BCUT2D eigenvalue weighted by atomic mass is 10.0. The maximum absolute atomic E-state index is 13.4. The molecule has 7 nitrogen and oxygen atoms in total. The van der Waals surface area contributed by atoms with Crippen LogP contribution in [0, 0.1) is 0 Å². The summed E-state index contributed by atoms with van der Waals surface area (Å²) in [6.45, 7) is 2.24. The van der Waals surface area contributed by atoms with E-state index in [9.17, 15) is 14.4 Å². The standard InChI is InChI=1S/C27H29N3O4/c1-3-4-5-8-19-11-12-24-22(15-19)27(34)29(14-13-26(32)33)18-25(31)30(24)17-20-16-28(2)23-10-7-6-9-21(20)23/h5-12,15-16H,3-4,13-14,17-18H2,1-2H3,(H,32,33)/b8-5+. The van der Waals surface area contributed by atoms with Gasteiger partial charge < -0.3 is 19.5 Å². The predicted octanol–water partition coefficient (Wildman–Crippen LogP) is 4.46. The fourth-order valence-electron chi connectivity index (χ4n) is 4.38. The largest absolute Gasteiger partial charge is 0.481 e. The zero-order valence-electron chi connectivity index (χ0n) is 19.5. The van der Waals surface area contributed by atoms with Crippen molar-refractivity contribution in [2.75, 3.05) is 18.0 Å². The van der Waals surface area contributed by atoms with Gasteiger partial charge in [0.2, 0.25) is 5.91 Å². The number of carboxylic acids is 1. The maximum atomic E-state index is 13.4. The van der Waals surface area contributed by atoms with Crippen LogP contribution in [0.4, 0.5) is 5.69 Å². The van der Waals surface area contributed by atoms with Crippen molar-refractivity contribution in [3.8, 4) is 0 Å². The number of hydrogen-bond acceptors (Lipinski definition) is 3. The zero-order chi connectivity index (χ0) is 24.2. The average Bonchev–Trinajstić information content (AvgIpc) is 3.10. The summed E-state index contributed by atoms with van der Waals surface area (Å²) < 4.78 is 2.03.